The Morgan fingerprint density at radius 2 is 2.21 bits per heavy atom. The SMILES string of the molecule is COC1CNC(C(=O)c2cccc(OC(C)C)c2)C1. The van der Waals surface area contributed by atoms with Crippen molar-refractivity contribution in [1.82, 2.24) is 5.32 Å². The third-order valence-corrected chi connectivity index (χ3v) is 3.23. The number of benzene rings is 1. The molecule has 1 N–H and O–H groups in total. The zero-order chi connectivity index (χ0) is 13.8. The third kappa shape index (κ3) is 3.55. The van der Waals surface area contributed by atoms with Gasteiger partial charge in [0, 0.05) is 19.2 Å². The van der Waals surface area contributed by atoms with Crippen LogP contribution in [0.2, 0.25) is 0 Å². The Bertz CT molecular complexity index is 445. The first-order valence-corrected chi connectivity index (χ1v) is 6.67. The second-order valence-corrected chi connectivity index (χ2v) is 5.11. The average Bonchev–Trinajstić information content (AvgIpc) is 2.86. The van der Waals surface area contributed by atoms with E-state index in [-0.39, 0.29) is 24.0 Å². The lowest BCUT2D eigenvalue weighted by atomic mass is 10.0. The number of methoxy groups -OCH3 is 1. The topological polar surface area (TPSA) is 47.6 Å². The van der Waals surface area contributed by atoms with Gasteiger partial charge in [0.2, 0.25) is 0 Å². The molecule has 2 atom stereocenters. The van der Waals surface area contributed by atoms with Gasteiger partial charge in [0.15, 0.2) is 5.78 Å². The smallest absolute Gasteiger partial charge is 0.179 e. The van der Waals surface area contributed by atoms with Crippen molar-refractivity contribution in [2.75, 3.05) is 13.7 Å². The van der Waals surface area contributed by atoms with E-state index in [4.69, 9.17) is 9.47 Å². The van der Waals surface area contributed by atoms with Gasteiger partial charge in [0.05, 0.1) is 18.2 Å². The van der Waals surface area contributed by atoms with E-state index in [0.717, 1.165) is 18.7 Å². The molecule has 0 saturated carbocycles. The van der Waals surface area contributed by atoms with Crippen LogP contribution in [0.1, 0.15) is 30.6 Å². The maximum Gasteiger partial charge on any atom is 0.179 e. The van der Waals surface area contributed by atoms with Crippen LogP contribution in [-0.4, -0.2) is 37.7 Å². The average molecular weight is 263 g/mol. The highest BCUT2D eigenvalue weighted by Gasteiger charge is 2.29. The molecule has 1 fully saturated rings. The molecule has 19 heavy (non-hydrogen) atoms. The van der Waals surface area contributed by atoms with E-state index in [1.165, 1.54) is 0 Å². The van der Waals surface area contributed by atoms with Crippen molar-refractivity contribution in [3.63, 3.8) is 0 Å². The Hall–Kier alpha value is -1.39. The minimum absolute atomic E-state index is 0.104. The monoisotopic (exact) mass is 263 g/mol. The molecule has 104 valence electrons. The van der Waals surface area contributed by atoms with Gasteiger partial charge >= 0.3 is 0 Å². The summed E-state index contributed by atoms with van der Waals surface area (Å²) < 4.78 is 10.9. The van der Waals surface area contributed by atoms with Crippen LogP contribution in [0.4, 0.5) is 0 Å². The highest BCUT2D eigenvalue weighted by atomic mass is 16.5. The first-order chi connectivity index (χ1) is 9.10. The van der Waals surface area contributed by atoms with Gasteiger partial charge < -0.3 is 14.8 Å². The summed E-state index contributed by atoms with van der Waals surface area (Å²) in [5.74, 6) is 0.843. The van der Waals surface area contributed by atoms with E-state index >= 15 is 0 Å². The number of carbonyl (C=O) groups is 1. The van der Waals surface area contributed by atoms with E-state index in [1.54, 1.807) is 7.11 Å². The largest absolute Gasteiger partial charge is 0.491 e. The highest BCUT2D eigenvalue weighted by Crippen LogP contribution is 2.19. The van der Waals surface area contributed by atoms with Crippen molar-refractivity contribution in [3.8, 4) is 5.75 Å². The molecule has 1 aromatic rings. The van der Waals surface area contributed by atoms with Gasteiger partial charge in [-0.2, -0.15) is 0 Å². The highest BCUT2D eigenvalue weighted by molar-refractivity contribution is 6.00. The summed E-state index contributed by atoms with van der Waals surface area (Å²) in [6, 6.07) is 7.21. The summed E-state index contributed by atoms with van der Waals surface area (Å²) in [7, 11) is 1.68. The molecule has 1 saturated heterocycles. The van der Waals surface area contributed by atoms with Crippen molar-refractivity contribution in [2.45, 2.75) is 38.5 Å². The fourth-order valence-corrected chi connectivity index (χ4v) is 2.28. The number of rotatable bonds is 5. The van der Waals surface area contributed by atoms with E-state index in [1.807, 2.05) is 38.1 Å². The van der Waals surface area contributed by atoms with Gasteiger partial charge in [0.25, 0.3) is 0 Å². The third-order valence-electron chi connectivity index (χ3n) is 3.23. The molecule has 2 unspecified atom stereocenters. The summed E-state index contributed by atoms with van der Waals surface area (Å²) >= 11 is 0. The minimum Gasteiger partial charge on any atom is -0.491 e. The summed E-state index contributed by atoms with van der Waals surface area (Å²) in [6.07, 6.45) is 0.960. The number of carbonyl (C=O) groups excluding carboxylic acids is 1. The minimum atomic E-state index is -0.153. The number of hydrogen-bond acceptors (Lipinski definition) is 4. The summed E-state index contributed by atoms with van der Waals surface area (Å²) in [6.45, 7) is 4.67. The fourth-order valence-electron chi connectivity index (χ4n) is 2.28. The lowest BCUT2D eigenvalue weighted by Gasteiger charge is -2.13. The molecule has 1 aliphatic rings. The van der Waals surface area contributed by atoms with Crippen molar-refractivity contribution in [1.29, 1.82) is 0 Å². The van der Waals surface area contributed by atoms with Crippen LogP contribution in [0.3, 0.4) is 0 Å². The zero-order valence-electron chi connectivity index (χ0n) is 11.7. The van der Waals surface area contributed by atoms with E-state index < -0.39 is 0 Å². The first kappa shape index (κ1) is 14.0. The molecule has 0 aromatic heterocycles. The Morgan fingerprint density at radius 3 is 2.84 bits per heavy atom. The van der Waals surface area contributed by atoms with E-state index in [9.17, 15) is 4.79 Å². The van der Waals surface area contributed by atoms with Crippen molar-refractivity contribution in [3.05, 3.63) is 29.8 Å². The molecule has 4 nitrogen and oxygen atoms in total. The lowest BCUT2D eigenvalue weighted by molar-refractivity contribution is 0.0918. The Morgan fingerprint density at radius 1 is 1.42 bits per heavy atom. The Kier molecular flexibility index (Phi) is 4.56. The van der Waals surface area contributed by atoms with E-state index in [0.29, 0.717) is 5.56 Å². The molecular weight excluding hydrogens is 242 g/mol. The van der Waals surface area contributed by atoms with Crippen LogP contribution in [0, 0.1) is 0 Å². The summed E-state index contributed by atoms with van der Waals surface area (Å²) in [5, 5.41) is 3.20. The molecule has 0 amide bonds. The molecule has 0 radical (unpaired) electrons. The molecule has 1 aliphatic heterocycles. The van der Waals surface area contributed by atoms with Crippen LogP contribution in [-0.2, 0) is 4.74 Å². The maximum atomic E-state index is 12.4. The summed E-state index contributed by atoms with van der Waals surface area (Å²) in [4.78, 5) is 12.4. The normalized spacial score (nSPS) is 22.7. The molecule has 0 aliphatic carbocycles. The molecular formula is C15H21NO3. The number of nitrogens with one attached hydrogen (secondary N) is 1. The molecule has 1 aromatic carbocycles. The number of hydrogen-bond donors (Lipinski definition) is 1. The van der Waals surface area contributed by atoms with Crippen molar-refractivity contribution < 1.29 is 14.3 Å². The van der Waals surface area contributed by atoms with Crippen LogP contribution >= 0.6 is 0 Å². The van der Waals surface area contributed by atoms with Gasteiger partial charge in [-0.1, -0.05) is 12.1 Å². The second-order valence-electron chi connectivity index (χ2n) is 5.11. The van der Waals surface area contributed by atoms with E-state index in [2.05, 4.69) is 5.32 Å². The number of ether oxygens (including phenoxy) is 2. The maximum absolute atomic E-state index is 12.4. The van der Waals surface area contributed by atoms with Gasteiger partial charge in [-0.3, -0.25) is 4.79 Å². The molecule has 2 rings (SSSR count). The summed E-state index contributed by atoms with van der Waals surface area (Å²) in [5.41, 5.74) is 0.687. The molecule has 1 heterocycles. The van der Waals surface area contributed by atoms with Gasteiger partial charge in [-0.15, -0.1) is 0 Å². The first-order valence-electron chi connectivity index (χ1n) is 6.67. The Balaban J connectivity index is 2.07. The fraction of sp³-hybridized carbons (Fsp3) is 0.533. The zero-order valence-corrected chi connectivity index (χ0v) is 11.7. The van der Waals surface area contributed by atoms with Gasteiger partial charge in [-0.05, 0) is 32.4 Å². The number of ketones is 1. The molecule has 0 bridgehead atoms. The van der Waals surface area contributed by atoms with Gasteiger partial charge in [-0.25, -0.2) is 0 Å². The Labute approximate surface area is 114 Å². The number of Topliss-reactive ketones (excluding diaryl/α,β-unsaturated/α-hetero) is 1. The van der Waals surface area contributed by atoms with Crippen molar-refractivity contribution >= 4 is 5.78 Å². The van der Waals surface area contributed by atoms with Crippen LogP contribution < -0.4 is 10.1 Å². The standard InChI is InChI=1S/C15H21NO3/c1-10(2)19-12-6-4-5-11(7-12)15(17)14-8-13(18-3)9-16-14/h4-7,10,13-14,16H,8-9H2,1-3H3. The van der Waals surface area contributed by atoms with Crippen molar-refractivity contribution in [2.24, 2.45) is 0 Å². The quantitative estimate of drug-likeness (QED) is 0.826. The second kappa shape index (κ2) is 6.17. The molecule has 0 spiro atoms. The van der Waals surface area contributed by atoms with Crippen LogP contribution in [0.15, 0.2) is 24.3 Å². The predicted octanol–water partition coefficient (Wildman–Crippen LogP) is 2.03. The van der Waals surface area contributed by atoms with Gasteiger partial charge in [0.1, 0.15) is 5.75 Å². The van der Waals surface area contributed by atoms with Crippen LogP contribution in [0.5, 0.6) is 5.75 Å². The lowest BCUT2D eigenvalue weighted by Crippen LogP contribution is -2.30. The van der Waals surface area contributed by atoms with Crippen LogP contribution in [0.25, 0.3) is 0 Å². The predicted molar refractivity (Wildman–Crippen MR) is 73.7 cm³/mol. The molecule has 4 heteroatoms.